The summed E-state index contributed by atoms with van der Waals surface area (Å²) >= 11 is 0. The van der Waals surface area contributed by atoms with Gasteiger partial charge in [-0.25, -0.2) is 0 Å². The summed E-state index contributed by atoms with van der Waals surface area (Å²) < 4.78 is 4.88. The van der Waals surface area contributed by atoms with Crippen molar-refractivity contribution in [2.75, 3.05) is 20.3 Å². The molecule has 0 aromatic heterocycles. The molecule has 15 heavy (non-hydrogen) atoms. The number of hydrogen-bond acceptors (Lipinski definition) is 3. The Morgan fingerprint density at radius 1 is 1.60 bits per heavy atom. The van der Waals surface area contributed by atoms with Crippen molar-refractivity contribution in [3.63, 3.8) is 0 Å². The van der Waals surface area contributed by atoms with E-state index in [9.17, 15) is 4.79 Å². The first-order valence-corrected chi connectivity index (χ1v) is 5.63. The van der Waals surface area contributed by atoms with Gasteiger partial charge in [0, 0.05) is 13.7 Å². The molecule has 0 aromatic carbocycles. The molecule has 0 aromatic rings. The van der Waals surface area contributed by atoms with Gasteiger partial charge in [-0.1, -0.05) is 0 Å². The molecule has 0 aliphatic heterocycles. The third-order valence-corrected chi connectivity index (χ3v) is 3.67. The molecular formula is C11H19NO3. The summed E-state index contributed by atoms with van der Waals surface area (Å²) in [7, 11) is 1.53. The number of ether oxygens (including phenoxy) is 1. The van der Waals surface area contributed by atoms with Gasteiger partial charge in [-0.05, 0) is 37.0 Å². The van der Waals surface area contributed by atoms with Crippen LogP contribution in [0.2, 0.25) is 0 Å². The fourth-order valence-electron chi connectivity index (χ4n) is 2.30. The Morgan fingerprint density at radius 2 is 2.27 bits per heavy atom. The molecule has 1 unspecified atom stereocenters. The topological polar surface area (TPSA) is 58.6 Å². The molecular weight excluding hydrogens is 194 g/mol. The van der Waals surface area contributed by atoms with Gasteiger partial charge in [0.1, 0.15) is 6.04 Å². The van der Waals surface area contributed by atoms with Crippen molar-refractivity contribution in [2.45, 2.75) is 31.7 Å². The van der Waals surface area contributed by atoms with Gasteiger partial charge in [-0.2, -0.15) is 0 Å². The lowest BCUT2D eigenvalue weighted by atomic mass is 10.0. The van der Waals surface area contributed by atoms with Crippen LogP contribution in [0, 0.1) is 11.3 Å². The second-order valence-corrected chi connectivity index (χ2v) is 4.86. The summed E-state index contributed by atoms with van der Waals surface area (Å²) in [5, 5.41) is 12.1. The van der Waals surface area contributed by atoms with Crippen LogP contribution >= 0.6 is 0 Å². The quantitative estimate of drug-likeness (QED) is 0.658. The fourth-order valence-corrected chi connectivity index (χ4v) is 2.30. The maximum atomic E-state index is 10.9. The molecule has 2 saturated carbocycles. The van der Waals surface area contributed by atoms with E-state index in [2.05, 4.69) is 5.32 Å². The van der Waals surface area contributed by atoms with Gasteiger partial charge < -0.3 is 15.2 Å². The first-order chi connectivity index (χ1) is 7.18. The van der Waals surface area contributed by atoms with E-state index in [-0.39, 0.29) is 6.61 Å². The van der Waals surface area contributed by atoms with Crippen molar-refractivity contribution in [1.82, 2.24) is 5.32 Å². The van der Waals surface area contributed by atoms with Crippen LogP contribution < -0.4 is 5.32 Å². The Kier molecular flexibility index (Phi) is 2.98. The minimum atomic E-state index is -0.816. The Bertz CT molecular complexity index is 246. The van der Waals surface area contributed by atoms with E-state index in [1.165, 1.54) is 32.8 Å². The Balaban J connectivity index is 1.77. The summed E-state index contributed by atoms with van der Waals surface area (Å²) in [4.78, 5) is 10.9. The van der Waals surface area contributed by atoms with Crippen LogP contribution in [0.3, 0.4) is 0 Å². The Labute approximate surface area is 90.0 Å². The summed E-state index contributed by atoms with van der Waals surface area (Å²) in [6.07, 6.45) is 5.21. The maximum Gasteiger partial charge on any atom is 0.323 e. The largest absolute Gasteiger partial charge is 0.480 e. The van der Waals surface area contributed by atoms with Gasteiger partial charge in [0.15, 0.2) is 0 Å². The molecule has 2 fully saturated rings. The van der Waals surface area contributed by atoms with Crippen LogP contribution in [-0.4, -0.2) is 37.4 Å². The summed E-state index contributed by atoms with van der Waals surface area (Å²) in [5.41, 5.74) is 0.446. The van der Waals surface area contributed by atoms with Crippen LogP contribution in [0.1, 0.15) is 25.7 Å². The average molecular weight is 213 g/mol. The standard InChI is InChI=1S/C11H19NO3/c1-15-6-9(10(13)14)12-7-11(4-5-11)8-2-3-8/h8-9,12H,2-7H2,1H3,(H,13,14). The van der Waals surface area contributed by atoms with Crippen molar-refractivity contribution >= 4 is 5.97 Å². The molecule has 2 aliphatic rings. The zero-order valence-electron chi connectivity index (χ0n) is 9.16. The second-order valence-electron chi connectivity index (χ2n) is 4.86. The molecule has 0 spiro atoms. The lowest BCUT2D eigenvalue weighted by molar-refractivity contribution is -0.140. The van der Waals surface area contributed by atoms with Crippen LogP contribution in [0.4, 0.5) is 0 Å². The molecule has 0 radical (unpaired) electrons. The molecule has 2 rings (SSSR count). The minimum Gasteiger partial charge on any atom is -0.480 e. The number of hydrogen-bond donors (Lipinski definition) is 2. The van der Waals surface area contributed by atoms with Gasteiger partial charge in [-0.15, -0.1) is 0 Å². The second kappa shape index (κ2) is 4.10. The number of carboxylic acids is 1. The van der Waals surface area contributed by atoms with Crippen molar-refractivity contribution in [2.24, 2.45) is 11.3 Å². The van der Waals surface area contributed by atoms with E-state index < -0.39 is 12.0 Å². The highest BCUT2D eigenvalue weighted by molar-refractivity contribution is 5.73. The molecule has 2 aliphatic carbocycles. The first kappa shape index (κ1) is 10.9. The molecule has 4 nitrogen and oxygen atoms in total. The molecule has 0 amide bonds. The number of carbonyl (C=O) groups is 1. The van der Waals surface area contributed by atoms with Crippen molar-refractivity contribution in [3.8, 4) is 0 Å². The van der Waals surface area contributed by atoms with E-state index in [0.717, 1.165) is 12.5 Å². The molecule has 0 bridgehead atoms. The smallest absolute Gasteiger partial charge is 0.323 e. The Hall–Kier alpha value is -0.610. The lowest BCUT2D eigenvalue weighted by Crippen LogP contribution is -2.43. The Morgan fingerprint density at radius 3 is 2.67 bits per heavy atom. The fraction of sp³-hybridized carbons (Fsp3) is 0.909. The highest BCUT2D eigenvalue weighted by atomic mass is 16.5. The van der Waals surface area contributed by atoms with Crippen LogP contribution in [0.5, 0.6) is 0 Å². The monoisotopic (exact) mass is 213 g/mol. The van der Waals surface area contributed by atoms with Gasteiger partial charge in [-0.3, -0.25) is 4.79 Å². The van der Waals surface area contributed by atoms with Crippen molar-refractivity contribution in [1.29, 1.82) is 0 Å². The molecule has 0 heterocycles. The third kappa shape index (κ3) is 2.49. The number of rotatable bonds is 7. The van der Waals surface area contributed by atoms with Crippen LogP contribution in [0.15, 0.2) is 0 Å². The normalized spacial score (nSPS) is 24.9. The van der Waals surface area contributed by atoms with E-state index in [1.807, 2.05) is 0 Å². The van der Waals surface area contributed by atoms with E-state index in [0.29, 0.717) is 5.41 Å². The van der Waals surface area contributed by atoms with Crippen molar-refractivity contribution in [3.05, 3.63) is 0 Å². The third-order valence-electron chi connectivity index (χ3n) is 3.67. The SMILES string of the molecule is COCC(NCC1(C2CC2)CC1)C(=O)O. The average Bonchev–Trinajstić information content (AvgIpc) is 3.01. The van der Waals surface area contributed by atoms with E-state index in [4.69, 9.17) is 9.84 Å². The number of methoxy groups -OCH3 is 1. The summed E-state index contributed by atoms with van der Waals surface area (Å²) in [6, 6.07) is -0.550. The number of carboxylic acid groups (broad SMARTS) is 1. The predicted molar refractivity (Wildman–Crippen MR) is 55.7 cm³/mol. The highest BCUT2D eigenvalue weighted by Crippen LogP contribution is 2.60. The van der Waals surface area contributed by atoms with E-state index >= 15 is 0 Å². The number of nitrogens with one attached hydrogen (secondary N) is 1. The van der Waals surface area contributed by atoms with Gasteiger partial charge >= 0.3 is 5.97 Å². The summed E-state index contributed by atoms with van der Waals surface area (Å²) in [6.45, 7) is 1.09. The van der Waals surface area contributed by atoms with Crippen molar-refractivity contribution < 1.29 is 14.6 Å². The van der Waals surface area contributed by atoms with Gasteiger partial charge in [0.05, 0.1) is 6.61 Å². The van der Waals surface area contributed by atoms with Crippen LogP contribution in [-0.2, 0) is 9.53 Å². The van der Waals surface area contributed by atoms with E-state index in [1.54, 1.807) is 0 Å². The minimum absolute atomic E-state index is 0.246. The molecule has 1 atom stereocenters. The predicted octanol–water partition coefficient (Wildman–Crippen LogP) is 0.866. The molecule has 86 valence electrons. The lowest BCUT2D eigenvalue weighted by Gasteiger charge is -2.19. The first-order valence-electron chi connectivity index (χ1n) is 5.63. The number of aliphatic carboxylic acids is 1. The van der Waals surface area contributed by atoms with Crippen LogP contribution in [0.25, 0.3) is 0 Å². The van der Waals surface area contributed by atoms with Gasteiger partial charge in [0.2, 0.25) is 0 Å². The molecule has 4 heteroatoms. The zero-order chi connectivity index (χ0) is 10.9. The highest BCUT2D eigenvalue weighted by Gasteiger charge is 2.53. The zero-order valence-corrected chi connectivity index (χ0v) is 9.16. The van der Waals surface area contributed by atoms with Gasteiger partial charge in [0.25, 0.3) is 0 Å². The molecule has 2 N–H and O–H groups in total. The molecule has 0 saturated heterocycles. The maximum absolute atomic E-state index is 10.9. The summed E-state index contributed by atoms with van der Waals surface area (Å²) in [5.74, 6) is 0.0467.